The summed E-state index contributed by atoms with van der Waals surface area (Å²) >= 11 is 0. The summed E-state index contributed by atoms with van der Waals surface area (Å²) in [6.45, 7) is 1.68. The van der Waals surface area contributed by atoms with Crippen LogP contribution in [-0.2, 0) is 14.3 Å². The third kappa shape index (κ3) is 1.88. The van der Waals surface area contributed by atoms with Crippen LogP contribution in [0.1, 0.15) is 19.3 Å². The van der Waals surface area contributed by atoms with Gasteiger partial charge in [0.1, 0.15) is 0 Å². The average molecular weight is 183 g/mol. The lowest BCUT2D eigenvalue weighted by Gasteiger charge is -2.18. The van der Waals surface area contributed by atoms with Crippen LogP contribution >= 0.6 is 0 Å². The van der Waals surface area contributed by atoms with Gasteiger partial charge in [0.05, 0.1) is 19.1 Å². The zero-order chi connectivity index (χ0) is 9.26. The second kappa shape index (κ2) is 3.46. The molecule has 4 nitrogen and oxygen atoms in total. The van der Waals surface area contributed by atoms with Crippen molar-refractivity contribution in [1.29, 1.82) is 0 Å². The number of ketones is 1. The maximum atomic E-state index is 11.2. The number of likely N-dealkylation sites (tertiary alicyclic amines) is 1. The number of hydrogen-bond acceptors (Lipinski definition) is 3. The van der Waals surface area contributed by atoms with Crippen LogP contribution in [0.4, 0.5) is 0 Å². The van der Waals surface area contributed by atoms with Crippen molar-refractivity contribution in [3.8, 4) is 0 Å². The highest BCUT2D eigenvalue weighted by Crippen LogP contribution is 2.16. The molecule has 0 spiro atoms. The van der Waals surface area contributed by atoms with Gasteiger partial charge in [0.2, 0.25) is 5.91 Å². The summed E-state index contributed by atoms with van der Waals surface area (Å²) < 4.78 is 5.39. The number of rotatable bonds is 2. The van der Waals surface area contributed by atoms with E-state index in [0.29, 0.717) is 13.1 Å². The molecule has 0 aliphatic carbocycles. The Hall–Kier alpha value is -0.900. The molecule has 1 amide bonds. The quantitative estimate of drug-likeness (QED) is 0.565. The van der Waals surface area contributed by atoms with E-state index in [1.807, 2.05) is 0 Å². The van der Waals surface area contributed by atoms with Crippen LogP contribution in [0.2, 0.25) is 0 Å². The van der Waals surface area contributed by atoms with Crippen molar-refractivity contribution in [1.82, 2.24) is 4.90 Å². The second-order valence-electron chi connectivity index (χ2n) is 3.62. The van der Waals surface area contributed by atoms with E-state index in [1.54, 1.807) is 4.90 Å². The van der Waals surface area contributed by atoms with Crippen molar-refractivity contribution in [2.45, 2.75) is 25.4 Å². The molecule has 13 heavy (non-hydrogen) atoms. The second-order valence-corrected chi connectivity index (χ2v) is 3.62. The highest BCUT2D eigenvalue weighted by atomic mass is 16.5. The molecule has 0 bridgehead atoms. The van der Waals surface area contributed by atoms with E-state index in [1.165, 1.54) is 0 Å². The minimum absolute atomic E-state index is 0.0306. The SMILES string of the molecule is O=C1CC(=O)N(CC2CCCO2)C1. The van der Waals surface area contributed by atoms with Crippen LogP contribution in [0.25, 0.3) is 0 Å². The van der Waals surface area contributed by atoms with Crippen molar-refractivity contribution in [3.63, 3.8) is 0 Å². The molecule has 0 saturated carbocycles. The van der Waals surface area contributed by atoms with Gasteiger partial charge < -0.3 is 9.64 Å². The molecular formula is C9H13NO3. The molecule has 1 unspecified atom stereocenters. The van der Waals surface area contributed by atoms with Crippen LogP contribution < -0.4 is 0 Å². The Bertz CT molecular complexity index is 233. The largest absolute Gasteiger partial charge is 0.376 e. The van der Waals surface area contributed by atoms with E-state index in [4.69, 9.17) is 4.74 Å². The summed E-state index contributed by atoms with van der Waals surface area (Å²) in [7, 11) is 0. The number of Topliss-reactive ketones (excluding diaryl/α,β-unsaturated/α-hetero) is 1. The van der Waals surface area contributed by atoms with Gasteiger partial charge >= 0.3 is 0 Å². The van der Waals surface area contributed by atoms with Crippen molar-refractivity contribution in [3.05, 3.63) is 0 Å². The van der Waals surface area contributed by atoms with Crippen molar-refractivity contribution >= 4 is 11.7 Å². The maximum Gasteiger partial charge on any atom is 0.230 e. The molecule has 2 fully saturated rings. The number of carbonyl (C=O) groups is 2. The highest BCUT2D eigenvalue weighted by molar-refractivity contribution is 6.05. The van der Waals surface area contributed by atoms with Crippen LogP contribution in [-0.4, -0.2) is 42.4 Å². The molecule has 2 rings (SSSR count). The summed E-state index contributed by atoms with van der Waals surface area (Å²) in [4.78, 5) is 23.8. The molecule has 2 heterocycles. The van der Waals surface area contributed by atoms with Crippen LogP contribution in [0, 0.1) is 0 Å². The Balaban J connectivity index is 1.87. The fraction of sp³-hybridized carbons (Fsp3) is 0.778. The zero-order valence-electron chi connectivity index (χ0n) is 7.49. The number of ether oxygens (including phenoxy) is 1. The summed E-state index contributed by atoms with van der Waals surface area (Å²) in [5.74, 6) is -0.0107. The first-order valence-corrected chi connectivity index (χ1v) is 4.67. The van der Waals surface area contributed by atoms with Gasteiger partial charge in [0, 0.05) is 13.2 Å². The minimum Gasteiger partial charge on any atom is -0.376 e. The molecule has 2 saturated heterocycles. The zero-order valence-corrected chi connectivity index (χ0v) is 7.49. The summed E-state index contributed by atoms with van der Waals surface area (Å²) in [6.07, 6.45) is 2.33. The van der Waals surface area contributed by atoms with E-state index < -0.39 is 0 Å². The normalized spacial score (nSPS) is 28.9. The fourth-order valence-electron chi connectivity index (χ4n) is 1.84. The molecule has 0 radical (unpaired) electrons. The van der Waals surface area contributed by atoms with Crippen molar-refractivity contribution in [2.75, 3.05) is 19.7 Å². The standard InChI is InChI=1S/C9H13NO3/c11-7-4-9(12)10(5-7)6-8-2-1-3-13-8/h8H,1-6H2. The van der Waals surface area contributed by atoms with Gasteiger partial charge in [-0.2, -0.15) is 0 Å². The molecule has 0 aromatic carbocycles. The molecule has 72 valence electrons. The summed E-state index contributed by atoms with van der Waals surface area (Å²) in [5.41, 5.74) is 0. The predicted molar refractivity (Wildman–Crippen MR) is 45.2 cm³/mol. The van der Waals surface area contributed by atoms with Crippen molar-refractivity contribution in [2.24, 2.45) is 0 Å². The molecule has 0 N–H and O–H groups in total. The van der Waals surface area contributed by atoms with E-state index >= 15 is 0 Å². The Morgan fingerprint density at radius 1 is 1.46 bits per heavy atom. The van der Waals surface area contributed by atoms with E-state index in [0.717, 1.165) is 19.4 Å². The first-order chi connectivity index (χ1) is 6.25. The summed E-state index contributed by atoms with van der Waals surface area (Å²) in [5, 5.41) is 0. The molecular weight excluding hydrogens is 170 g/mol. The van der Waals surface area contributed by atoms with E-state index in [-0.39, 0.29) is 24.2 Å². The smallest absolute Gasteiger partial charge is 0.230 e. The molecule has 2 aliphatic rings. The van der Waals surface area contributed by atoms with E-state index in [9.17, 15) is 9.59 Å². The number of nitrogens with zero attached hydrogens (tertiary/aromatic N) is 1. The Kier molecular flexibility index (Phi) is 2.31. The Morgan fingerprint density at radius 3 is 2.85 bits per heavy atom. The van der Waals surface area contributed by atoms with Crippen molar-refractivity contribution < 1.29 is 14.3 Å². The molecule has 0 aromatic heterocycles. The number of hydrogen-bond donors (Lipinski definition) is 0. The average Bonchev–Trinajstić information content (AvgIpc) is 2.63. The Morgan fingerprint density at radius 2 is 2.31 bits per heavy atom. The topological polar surface area (TPSA) is 46.6 Å². The maximum absolute atomic E-state index is 11.2. The monoisotopic (exact) mass is 183 g/mol. The van der Waals surface area contributed by atoms with Gasteiger partial charge in [-0.25, -0.2) is 0 Å². The van der Waals surface area contributed by atoms with E-state index in [2.05, 4.69) is 0 Å². The lowest BCUT2D eigenvalue weighted by Crippen LogP contribution is -2.33. The van der Waals surface area contributed by atoms with Gasteiger partial charge in [-0.3, -0.25) is 9.59 Å². The number of carbonyl (C=O) groups excluding carboxylic acids is 2. The first-order valence-electron chi connectivity index (χ1n) is 4.67. The molecule has 1 atom stereocenters. The van der Waals surface area contributed by atoms with Crippen LogP contribution in [0.5, 0.6) is 0 Å². The molecule has 0 aromatic rings. The van der Waals surface area contributed by atoms with Gasteiger partial charge in [-0.05, 0) is 12.8 Å². The minimum atomic E-state index is -0.0412. The molecule has 2 aliphatic heterocycles. The lowest BCUT2D eigenvalue weighted by atomic mass is 10.2. The van der Waals surface area contributed by atoms with Crippen LogP contribution in [0.15, 0.2) is 0 Å². The highest BCUT2D eigenvalue weighted by Gasteiger charge is 2.30. The lowest BCUT2D eigenvalue weighted by molar-refractivity contribution is -0.129. The van der Waals surface area contributed by atoms with Gasteiger partial charge in [0.15, 0.2) is 5.78 Å². The van der Waals surface area contributed by atoms with Gasteiger partial charge in [-0.15, -0.1) is 0 Å². The van der Waals surface area contributed by atoms with Gasteiger partial charge in [0.25, 0.3) is 0 Å². The third-order valence-corrected chi connectivity index (χ3v) is 2.52. The Labute approximate surface area is 76.8 Å². The van der Waals surface area contributed by atoms with Gasteiger partial charge in [-0.1, -0.05) is 0 Å². The fourth-order valence-corrected chi connectivity index (χ4v) is 1.84. The number of amides is 1. The first kappa shape index (κ1) is 8.69. The van der Waals surface area contributed by atoms with Crippen LogP contribution in [0.3, 0.4) is 0 Å². The summed E-state index contributed by atoms with van der Waals surface area (Å²) in [6, 6.07) is 0. The predicted octanol–water partition coefficient (Wildman–Crippen LogP) is -0.0332. The molecule has 4 heteroatoms. The third-order valence-electron chi connectivity index (χ3n) is 2.52.